The van der Waals surface area contributed by atoms with Crippen LogP contribution in [0, 0.1) is 0 Å². The van der Waals surface area contributed by atoms with Crippen molar-refractivity contribution in [1.82, 2.24) is 10.6 Å². The van der Waals surface area contributed by atoms with Crippen LogP contribution in [0.2, 0.25) is 0 Å². The first-order valence-electron chi connectivity index (χ1n) is 11.1. The molecule has 2 aromatic carbocycles. The van der Waals surface area contributed by atoms with Crippen molar-refractivity contribution in [2.24, 2.45) is 0 Å². The summed E-state index contributed by atoms with van der Waals surface area (Å²) >= 11 is 0. The number of carbonyl (C=O) groups is 3. The van der Waals surface area contributed by atoms with Crippen LogP contribution in [0.3, 0.4) is 0 Å². The van der Waals surface area contributed by atoms with Gasteiger partial charge in [0.25, 0.3) is 0 Å². The second-order valence-corrected chi connectivity index (χ2v) is 8.07. The number of alkyl carbamates (subject to hydrolysis) is 1. The molecule has 0 aliphatic heterocycles. The summed E-state index contributed by atoms with van der Waals surface area (Å²) in [4.78, 5) is 36.3. The summed E-state index contributed by atoms with van der Waals surface area (Å²) in [6, 6.07) is 14.5. The van der Waals surface area contributed by atoms with Gasteiger partial charge in [0.05, 0.1) is 13.0 Å². The van der Waals surface area contributed by atoms with Crippen molar-refractivity contribution in [2.75, 3.05) is 20.3 Å². The topological polar surface area (TPSA) is 114 Å². The highest BCUT2D eigenvalue weighted by Crippen LogP contribution is 2.44. The van der Waals surface area contributed by atoms with E-state index in [0.29, 0.717) is 12.8 Å². The molecule has 2 aromatic rings. The fraction of sp³-hybridized carbons (Fsp3) is 0.400. The van der Waals surface area contributed by atoms with E-state index in [1.165, 1.54) is 7.11 Å². The fourth-order valence-electron chi connectivity index (χ4n) is 4.22. The van der Waals surface area contributed by atoms with E-state index in [4.69, 9.17) is 14.6 Å². The van der Waals surface area contributed by atoms with Gasteiger partial charge in [-0.3, -0.25) is 9.59 Å². The predicted octanol–water partition coefficient (Wildman–Crippen LogP) is 3.30. The second kappa shape index (κ2) is 11.5. The van der Waals surface area contributed by atoms with Gasteiger partial charge in [-0.1, -0.05) is 61.9 Å². The number of nitrogens with one attached hydrogen (secondary N) is 2. The number of fused-ring (bicyclic) bond motifs is 3. The molecule has 0 saturated heterocycles. The van der Waals surface area contributed by atoms with Gasteiger partial charge in [0.1, 0.15) is 12.6 Å². The molecule has 2 amide bonds. The molecule has 3 rings (SSSR count). The van der Waals surface area contributed by atoms with Crippen LogP contribution in [0.1, 0.15) is 43.2 Å². The Morgan fingerprint density at radius 1 is 1.00 bits per heavy atom. The number of ether oxygens (including phenoxy) is 2. The molecule has 0 aromatic heterocycles. The fourth-order valence-corrected chi connectivity index (χ4v) is 4.22. The maximum atomic E-state index is 12.7. The summed E-state index contributed by atoms with van der Waals surface area (Å²) in [6.45, 7) is 1.96. The number of aliphatic carboxylic acids is 1. The van der Waals surface area contributed by atoms with Gasteiger partial charge in [0.2, 0.25) is 5.91 Å². The summed E-state index contributed by atoms with van der Waals surface area (Å²) < 4.78 is 10.6. The van der Waals surface area contributed by atoms with Crippen LogP contribution in [0.25, 0.3) is 11.1 Å². The lowest BCUT2D eigenvalue weighted by Crippen LogP contribution is -2.52. The molecule has 176 valence electrons. The Bertz CT molecular complexity index is 947. The Kier molecular flexibility index (Phi) is 8.43. The Balaban J connectivity index is 1.62. The molecule has 0 radical (unpaired) electrons. The third-order valence-electron chi connectivity index (χ3n) is 5.69. The average molecular weight is 455 g/mol. The molecule has 0 heterocycles. The van der Waals surface area contributed by atoms with Crippen molar-refractivity contribution in [2.45, 2.75) is 44.2 Å². The quantitative estimate of drug-likeness (QED) is 0.480. The number of rotatable bonds is 11. The zero-order valence-electron chi connectivity index (χ0n) is 18.9. The highest BCUT2D eigenvalue weighted by molar-refractivity contribution is 5.86. The smallest absolute Gasteiger partial charge is 0.407 e. The van der Waals surface area contributed by atoms with Gasteiger partial charge in [-0.05, 0) is 28.7 Å². The molecule has 0 bridgehead atoms. The van der Waals surface area contributed by atoms with E-state index in [1.807, 2.05) is 43.3 Å². The van der Waals surface area contributed by atoms with Gasteiger partial charge in [-0.2, -0.15) is 0 Å². The highest BCUT2D eigenvalue weighted by atomic mass is 16.5. The molecule has 0 saturated carbocycles. The summed E-state index contributed by atoms with van der Waals surface area (Å²) in [6.07, 6.45) is 0.305. The zero-order chi connectivity index (χ0) is 23.8. The largest absolute Gasteiger partial charge is 0.481 e. The maximum absolute atomic E-state index is 12.7. The Labute approximate surface area is 193 Å². The summed E-state index contributed by atoms with van der Waals surface area (Å²) in [7, 11) is 1.42. The normalized spacial score (nSPS) is 14.0. The lowest BCUT2D eigenvalue weighted by atomic mass is 9.98. The summed E-state index contributed by atoms with van der Waals surface area (Å²) in [5.41, 5.74) is 4.43. The van der Waals surface area contributed by atoms with Crippen LogP contribution in [-0.4, -0.2) is 55.5 Å². The molecule has 1 aliphatic rings. The molecular weight excluding hydrogens is 424 g/mol. The number of amides is 2. The first kappa shape index (κ1) is 24.3. The average Bonchev–Trinajstić information content (AvgIpc) is 3.11. The van der Waals surface area contributed by atoms with Gasteiger partial charge in [0, 0.05) is 19.1 Å². The second-order valence-electron chi connectivity index (χ2n) is 8.07. The summed E-state index contributed by atoms with van der Waals surface area (Å²) in [5, 5.41) is 14.3. The molecule has 1 unspecified atom stereocenters. The molecule has 3 N–H and O–H groups in total. The number of hydrogen-bond donors (Lipinski definition) is 3. The molecule has 0 fully saturated rings. The summed E-state index contributed by atoms with van der Waals surface area (Å²) in [5.74, 6) is -1.60. The first-order valence-corrected chi connectivity index (χ1v) is 11.1. The number of carboxylic acids is 1. The van der Waals surface area contributed by atoms with Crippen LogP contribution in [0.15, 0.2) is 48.5 Å². The number of benzene rings is 2. The predicted molar refractivity (Wildman–Crippen MR) is 123 cm³/mol. The van der Waals surface area contributed by atoms with Crippen molar-refractivity contribution in [3.05, 3.63) is 59.7 Å². The van der Waals surface area contributed by atoms with Crippen molar-refractivity contribution in [3.8, 4) is 11.1 Å². The van der Waals surface area contributed by atoms with Gasteiger partial charge in [-0.25, -0.2) is 4.79 Å². The molecule has 8 nitrogen and oxygen atoms in total. The van der Waals surface area contributed by atoms with Gasteiger partial charge >= 0.3 is 12.1 Å². The van der Waals surface area contributed by atoms with E-state index >= 15 is 0 Å². The van der Waals surface area contributed by atoms with Gasteiger partial charge in [0.15, 0.2) is 0 Å². The molecule has 8 heteroatoms. The van der Waals surface area contributed by atoms with Crippen molar-refractivity contribution in [1.29, 1.82) is 0 Å². The molecule has 1 aliphatic carbocycles. The van der Waals surface area contributed by atoms with Gasteiger partial charge < -0.3 is 25.2 Å². The van der Waals surface area contributed by atoms with E-state index < -0.39 is 30.1 Å². The van der Waals surface area contributed by atoms with Crippen molar-refractivity contribution < 1.29 is 29.0 Å². The number of methoxy groups -OCH3 is 1. The Hall–Kier alpha value is -3.39. The Morgan fingerprint density at radius 3 is 2.15 bits per heavy atom. The molecular formula is C25H30N2O6. The highest BCUT2D eigenvalue weighted by Gasteiger charge is 2.30. The van der Waals surface area contributed by atoms with E-state index in [-0.39, 0.29) is 25.6 Å². The van der Waals surface area contributed by atoms with Crippen LogP contribution in [0.5, 0.6) is 0 Å². The third-order valence-corrected chi connectivity index (χ3v) is 5.69. The van der Waals surface area contributed by atoms with Gasteiger partial charge in [-0.15, -0.1) is 0 Å². The van der Waals surface area contributed by atoms with Crippen molar-refractivity contribution in [3.63, 3.8) is 0 Å². The number of carbonyl (C=O) groups excluding carboxylic acids is 2. The molecule has 0 spiro atoms. The van der Waals surface area contributed by atoms with E-state index in [0.717, 1.165) is 22.3 Å². The van der Waals surface area contributed by atoms with E-state index in [1.54, 1.807) is 0 Å². The maximum Gasteiger partial charge on any atom is 0.407 e. The SMILES string of the molecule is CCC[C@@H](CC(=O)O)NC(=O)C(COC)NC(=O)OCC1c2ccccc2-c2ccccc21. The molecule has 2 atom stereocenters. The van der Waals surface area contributed by atoms with Crippen LogP contribution < -0.4 is 10.6 Å². The minimum absolute atomic E-state index is 0.0675. The third kappa shape index (κ3) is 6.10. The minimum Gasteiger partial charge on any atom is -0.481 e. The monoisotopic (exact) mass is 454 g/mol. The lowest BCUT2D eigenvalue weighted by Gasteiger charge is -2.22. The van der Waals surface area contributed by atoms with Crippen molar-refractivity contribution >= 4 is 18.0 Å². The minimum atomic E-state index is -1.00. The zero-order valence-corrected chi connectivity index (χ0v) is 18.9. The van der Waals surface area contributed by atoms with E-state index in [2.05, 4.69) is 22.8 Å². The lowest BCUT2D eigenvalue weighted by molar-refractivity contribution is -0.137. The van der Waals surface area contributed by atoms with E-state index in [9.17, 15) is 14.4 Å². The first-order chi connectivity index (χ1) is 15.9. The standard InChI is InChI=1S/C25H30N2O6/c1-3-8-16(13-23(28)29)26-24(30)22(15-32-2)27-25(31)33-14-21-19-11-6-4-9-17(19)18-10-5-7-12-20(18)21/h4-7,9-12,16,21-22H,3,8,13-15H2,1-2H3,(H,26,30)(H,27,31)(H,28,29)/t16-,22?/m0/s1. The van der Waals surface area contributed by atoms with Crippen LogP contribution >= 0.6 is 0 Å². The number of hydrogen-bond acceptors (Lipinski definition) is 5. The number of carboxylic acid groups (broad SMARTS) is 1. The van der Waals surface area contributed by atoms with Crippen LogP contribution in [0.4, 0.5) is 4.79 Å². The van der Waals surface area contributed by atoms with Crippen LogP contribution in [-0.2, 0) is 19.1 Å². The Morgan fingerprint density at radius 2 is 1.61 bits per heavy atom. The molecule has 33 heavy (non-hydrogen) atoms.